The Morgan fingerprint density at radius 2 is 2.08 bits per heavy atom. The number of aromatic nitrogens is 4. The molecule has 0 spiro atoms. The summed E-state index contributed by atoms with van der Waals surface area (Å²) in [7, 11) is 0. The van der Waals surface area contributed by atoms with E-state index in [4.69, 9.17) is 4.74 Å². The Kier molecular flexibility index (Phi) is 3.87. The Bertz CT molecular complexity index is 825. The van der Waals surface area contributed by atoms with Crippen molar-refractivity contribution in [3.05, 3.63) is 55.5 Å². The normalized spacial score (nSPS) is 23.7. The van der Waals surface area contributed by atoms with Gasteiger partial charge in [-0.2, -0.15) is 0 Å². The molecule has 3 atom stereocenters. The van der Waals surface area contributed by atoms with E-state index < -0.39 is 12.2 Å². The molecule has 1 saturated heterocycles. The van der Waals surface area contributed by atoms with Gasteiger partial charge < -0.3 is 15.2 Å². The SMILES string of the molecule is [CH2][C@@H]1O[C@@H](n2cnc3c(NCc4ccccc4)ncnc32)C[C@@H]1O. The fraction of sp³-hybridized carbons (Fsp3) is 0.294. The third-order valence-corrected chi connectivity index (χ3v) is 4.18. The van der Waals surface area contributed by atoms with Crippen LogP contribution in [0.3, 0.4) is 0 Å². The number of benzene rings is 1. The van der Waals surface area contributed by atoms with E-state index in [1.54, 1.807) is 6.33 Å². The number of aliphatic hydroxyl groups excluding tert-OH is 1. The third kappa shape index (κ3) is 2.72. The van der Waals surface area contributed by atoms with Gasteiger partial charge in [0.25, 0.3) is 0 Å². The van der Waals surface area contributed by atoms with Crippen LogP contribution in [0.4, 0.5) is 5.82 Å². The van der Waals surface area contributed by atoms with E-state index in [9.17, 15) is 5.11 Å². The van der Waals surface area contributed by atoms with Gasteiger partial charge in [0.15, 0.2) is 17.0 Å². The van der Waals surface area contributed by atoms with Crippen LogP contribution in [-0.2, 0) is 11.3 Å². The number of aliphatic hydroxyl groups is 1. The number of ether oxygens (including phenoxy) is 1. The number of anilines is 1. The molecule has 123 valence electrons. The number of fused-ring (bicyclic) bond motifs is 1. The van der Waals surface area contributed by atoms with Crippen LogP contribution in [0.1, 0.15) is 18.2 Å². The smallest absolute Gasteiger partial charge is 0.167 e. The Morgan fingerprint density at radius 3 is 2.83 bits per heavy atom. The summed E-state index contributed by atoms with van der Waals surface area (Å²) in [6.07, 6.45) is 2.30. The monoisotopic (exact) mass is 324 g/mol. The molecule has 0 amide bonds. The van der Waals surface area contributed by atoms with Gasteiger partial charge in [0.05, 0.1) is 18.5 Å². The van der Waals surface area contributed by atoms with E-state index in [1.165, 1.54) is 6.33 Å². The van der Waals surface area contributed by atoms with Crippen molar-refractivity contribution in [2.24, 2.45) is 0 Å². The summed E-state index contributed by atoms with van der Waals surface area (Å²) in [6.45, 7) is 4.44. The molecule has 0 saturated carbocycles. The molecular weight excluding hydrogens is 306 g/mol. The minimum atomic E-state index is -0.579. The van der Waals surface area contributed by atoms with Crippen molar-refractivity contribution in [3.8, 4) is 0 Å². The van der Waals surface area contributed by atoms with E-state index in [-0.39, 0.29) is 6.23 Å². The second-order valence-electron chi connectivity index (χ2n) is 5.82. The molecule has 0 aliphatic carbocycles. The van der Waals surface area contributed by atoms with Gasteiger partial charge in [-0.25, -0.2) is 15.0 Å². The average molecular weight is 324 g/mol. The van der Waals surface area contributed by atoms with Crippen molar-refractivity contribution in [1.82, 2.24) is 19.5 Å². The number of nitrogens with zero attached hydrogens (tertiary/aromatic N) is 4. The molecule has 1 fully saturated rings. The molecule has 3 aromatic rings. The van der Waals surface area contributed by atoms with Crippen LogP contribution in [0.25, 0.3) is 11.2 Å². The summed E-state index contributed by atoms with van der Waals surface area (Å²) in [5.41, 5.74) is 2.51. The summed E-state index contributed by atoms with van der Waals surface area (Å²) in [6, 6.07) is 10.1. The Labute approximate surface area is 139 Å². The molecular formula is C17H18N5O2. The summed E-state index contributed by atoms with van der Waals surface area (Å²) >= 11 is 0. The Morgan fingerprint density at radius 1 is 1.25 bits per heavy atom. The molecule has 0 unspecified atom stereocenters. The van der Waals surface area contributed by atoms with Gasteiger partial charge in [-0.1, -0.05) is 30.3 Å². The predicted octanol–water partition coefficient (Wildman–Crippen LogP) is 1.92. The predicted molar refractivity (Wildman–Crippen MR) is 89.0 cm³/mol. The van der Waals surface area contributed by atoms with Crippen molar-refractivity contribution in [2.45, 2.75) is 31.4 Å². The lowest BCUT2D eigenvalue weighted by Gasteiger charge is -2.12. The zero-order chi connectivity index (χ0) is 16.5. The lowest BCUT2D eigenvalue weighted by atomic mass is 10.2. The summed E-state index contributed by atoms with van der Waals surface area (Å²) < 4.78 is 7.49. The van der Waals surface area contributed by atoms with Gasteiger partial charge in [-0.15, -0.1) is 0 Å². The van der Waals surface area contributed by atoms with Gasteiger partial charge in [0.1, 0.15) is 12.6 Å². The maximum atomic E-state index is 9.84. The van der Waals surface area contributed by atoms with E-state index in [2.05, 4.69) is 27.2 Å². The molecule has 4 rings (SSSR count). The van der Waals surface area contributed by atoms with Gasteiger partial charge in [0.2, 0.25) is 0 Å². The van der Waals surface area contributed by atoms with Gasteiger partial charge in [-0.3, -0.25) is 4.57 Å². The summed E-state index contributed by atoms with van der Waals surface area (Å²) in [4.78, 5) is 13.0. The molecule has 7 heteroatoms. The van der Waals surface area contributed by atoms with E-state index in [0.29, 0.717) is 29.9 Å². The van der Waals surface area contributed by atoms with Gasteiger partial charge in [0, 0.05) is 13.0 Å². The number of hydrogen-bond donors (Lipinski definition) is 2. The van der Waals surface area contributed by atoms with Crippen molar-refractivity contribution in [2.75, 3.05) is 5.32 Å². The summed E-state index contributed by atoms with van der Waals surface area (Å²) in [5.74, 6) is 0.673. The standard InChI is InChI=1S/C17H18N5O2/c1-11-13(23)7-14(24-11)22-10-21-15-16(19-9-20-17(15)22)18-8-12-5-3-2-4-6-12/h2-6,9-11,13-14,23H,1,7-8H2,(H,18,19,20)/t11-,13-,14+/m0/s1. The average Bonchev–Trinajstić information content (AvgIpc) is 3.18. The van der Waals surface area contributed by atoms with Gasteiger partial charge >= 0.3 is 0 Å². The molecule has 1 aliphatic rings. The van der Waals surface area contributed by atoms with Crippen molar-refractivity contribution >= 4 is 17.0 Å². The first-order valence-electron chi connectivity index (χ1n) is 7.84. The highest BCUT2D eigenvalue weighted by atomic mass is 16.5. The highest BCUT2D eigenvalue weighted by molar-refractivity contribution is 5.82. The molecule has 1 aliphatic heterocycles. The molecule has 1 radical (unpaired) electrons. The van der Waals surface area contributed by atoms with E-state index in [0.717, 1.165) is 5.56 Å². The molecule has 1 aromatic carbocycles. The van der Waals surface area contributed by atoms with Gasteiger partial charge in [-0.05, 0) is 12.5 Å². The van der Waals surface area contributed by atoms with Crippen LogP contribution in [0.15, 0.2) is 43.0 Å². The first kappa shape index (κ1) is 15.0. The molecule has 0 bridgehead atoms. The Balaban J connectivity index is 1.60. The Hall–Kier alpha value is -2.51. The number of nitrogens with one attached hydrogen (secondary N) is 1. The fourth-order valence-electron chi connectivity index (χ4n) is 2.86. The van der Waals surface area contributed by atoms with Crippen molar-refractivity contribution in [3.63, 3.8) is 0 Å². The maximum Gasteiger partial charge on any atom is 0.167 e. The second-order valence-corrected chi connectivity index (χ2v) is 5.82. The van der Waals surface area contributed by atoms with Crippen LogP contribution in [0.2, 0.25) is 0 Å². The minimum absolute atomic E-state index is 0.315. The van der Waals surface area contributed by atoms with Crippen LogP contribution >= 0.6 is 0 Å². The van der Waals surface area contributed by atoms with Crippen LogP contribution in [-0.4, -0.2) is 36.8 Å². The zero-order valence-corrected chi connectivity index (χ0v) is 13.0. The minimum Gasteiger partial charge on any atom is -0.390 e. The van der Waals surface area contributed by atoms with Crippen LogP contribution < -0.4 is 5.32 Å². The number of imidazole rings is 1. The molecule has 24 heavy (non-hydrogen) atoms. The highest BCUT2D eigenvalue weighted by Gasteiger charge is 2.33. The third-order valence-electron chi connectivity index (χ3n) is 4.18. The fourth-order valence-corrected chi connectivity index (χ4v) is 2.86. The van der Waals surface area contributed by atoms with Crippen LogP contribution in [0, 0.1) is 6.92 Å². The first-order valence-corrected chi connectivity index (χ1v) is 7.84. The largest absolute Gasteiger partial charge is 0.390 e. The summed E-state index contributed by atoms with van der Waals surface area (Å²) in [5, 5.41) is 13.1. The van der Waals surface area contributed by atoms with Crippen LogP contribution in [0.5, 0.6) is 0 Å². The molecule has 3 heterocycles. The number of hydrogen-bond acceptors (Lipinski definition) is 6. The van der Waals surface area contributed by atoms with Crippen molar-refractivity contribution in [1.29, 1.82) is 0 Å². The van der Waals surface area contributed by atoms with E-state index >= 15 is 0 Å². The first-order chi connectivity index (χ1) is 11.7. The topological polar surface area (TPSA) is 85.1 Å². The maximum absolute atomic E-state index is 9.84. The molecule has 2 aromatic heterocycles. The quantitative estimate of drug-likeness (QED) is 0.763. The van der Waals surface area contributed by atoms with E-state index in [1.807, 2.05) is 34.9 Å². The van der Waals surface area contributed by atoms with Crippen molar-refractivity contribution < 1.29 is 9.84 Å². The zero-order valence-electron chi connectivity index (χ0n) is 13.0. The molecule has 7 nitrogen and oxygen atoms in total. The lowest BCUT2D eigenvalue weighted by Crippen LogP contribution is -2.15. The highest BCUT2D eigenvalue weighted by Crippen LogP contribution is 2.31. The number of rotatable bonds is 4. The second kappa shape index (κ2) is 6.18. The lowest BCUT2D eigenvalue weighted by molar-refractivity contribution is 0.00749. The molecule has 2 N–H and O–H groups in total.